The maximum absolute atomic E-state index is 9.75. The second-order valence-electron chi connectivity index (χ2n) is 8.97. The van der Waals surface area contributed by atoms with Crippen molar-refractivity contribution in [3.63, 3.8) is 0 Å². The van der Waals surface area contributed by atoms with E-state index < -0.39 is 0 Å². The van der Waals surface area contributed by atoms with Gasteiger partial charge in [-0.1, -0.05) is 34.1 Å². The van der Waals surface area contributed by atoms with Gasteiger partial charge in [0.2, 0.25) is 0 Å². The average Bonchev–Trinajstić information content (AvgIpc) is 3.09. The molecule has 160 valence electrons. The predicted octanol–water partition coefficient (Wildman–Crippen LogP) is 6.71. The summed E-state index contributed by atoms with van der Waals surface area (Å²) in [6, 6.07) is 8.24. The number of thiophene rings is 1. The third kappa shape index (κ3) is 5.05. The maximum atomic E-state index is 9.75. The van der Waals surface area contributed by atoms with E-state index in [1.165, 1.54) is 10.4 Å². The van der Waals surface area contributed by atoms with E-state index >= 15 is 0 Å². The van der Waals surface area contributed by atoms with Crippen LogP contribution in [0.5, 0.6) is 11.5 Å². The molecule has 1 atom stereocenters. The highest BCUT2D eigenvalue weighted by Gasteiger charge is 2.32. The van der Waals surface area contributed by atoms with Gasteiger partial charge in [0, 0.05) is 11.1 Å². The van der Waals surface area contributed by atoms with Crippen LogP contribution in [0.3, 0.4) is 0 Å². The predicted molar refractivity (Wildman–Crippen MR) is 125 cm³/mol. The summed E-state index contributed by atoms with van der Waals surface area (Å²) in [6.07, 6.45) is 7.09. The molecule has 3 rings (SSSR count). The number of aliphatic imine (C=N–C) groups is 1. The third-order valence-corrected chi connectivity index (χ3v) is 7.02. The Kier molecular flexibility index (Phi) is 7.20. The molecule has 4 nitrogen and oxygen atoms in total. The number of nitriles is 1. The van der Waals surface area contributed by atoms with E-state index in [0.717, 1.165) is 54.0 Å². The van der Waals surface area contributed by atoms with Gasteiger partial charge in [0.1, 0.15) is 11.1 Å². The molecule has 1 aliphatic rings. The van der Waals surface area contributed by atoms with Gasteiger partial charge in [0.05, 0.1) is 19.3 Å². The minimum Gasteiger partial charge on any atom is -0.493 e. The van der Waals surface area contributed by atoms with Crippen molar-refractivity contribution in [3.8, 4) is 17.6 Å². The normalized spacial score (nSPS) is 16.3. The Morgan fingerprint density at radius 1 is 1.30 bits per heavy atom. The minimum absolute atomic E-state index is 0.287. The molecule has 0 N–H and O–H groups in total. The summed E-state index contributed by atoms with van der Waals surface area (Å²) in [5, 5.41) is 10.6. The van der Waals surface area contributed by atoms with Crippen molar-refractivity contribution in [2.45, 2.75) is 59.8 Å². The van der Waals surface area contributed by atoms with E-state index in [1.807, 2.05) is 24.4 Å². The van der Waals surface area contributed by atoms with Crippen LogP contribution in [0.25, 0.3) is 0 Å². The van der Waals surface area contributed by atoms with Gasteiger partial charge in [-0.15, -0.1) is 11.3 Å². The smallest absolute Gasteiger partial charge is 0.161 e. The van der Waals surface area contributed by atoms with Crippen molar-refractivity contribution in [2.75, 3.05) is 13.7 Å². The van der Waals surface area contributed by atoms with Gasteiger partial charge in [0.25, 0.3) is 0 Å². The van der Waals surface area contributed by atoms with Crippen molar-refractivity contribution >= 4 is 22.6 Å². The number of hydrogen-bond donors (Lipinski definition) is 0. The molecule has 0 radical (unpaired) electrons. The van der Waals surface area contributed by atoms with Gasteiger partial charge in [0.15, 0.2) is 11.5 Å². The van der Waals surface area contributed by atoms with Crippen LogP contribution in [0, 0.1) is 22.7 Å². The first-order valence-electron chi connectivity index (χ1n) is 10.8. The molecular weight excluding hydrogens is 392 g/mol. The Hall–Kier alpha value is -2.32. The van der Waals surface area contributed by atoms with Gasteiger partial charge in [-0.3, -0.25) is 0 Å². The highest BCUT2D eigenvalue weighted by atomic mass is 32.1. The molecule has 0 saturated carbocycles. The maximum Gasteiger partial charge on any atom is 0.161 e. The molecule has 0 amide bonds. The first kappa shape index (κ1) is 22.4. The Balaban J connectivity index is 1.81. The molecule has 0 aliphatic heterocycles. The van der Waals surface area contributed by atoms with E-state index in [0.29, 0.717) is 18.3 Å². The molecule has 0 fully saturated rings. The zero-order chi connectivity index (χ0) is 21.7. The summed E-state index contributed by atoms with van der Waals surface area (Å²) in [5.74, 6) is 2.10. The zero-order valence-corrected chi connectivity index (χ0v) is 19.6. The molecule has 0 saturated heterocycles. The van der Waals surface area contributed by atoms with Crippen molar-refractivity contribution in [3.05, 3.63) is 39.8 Å². The first-order chi connectivity index (χ1) is 14.4. The molecule has 0 bridgehead atoms. The fourth-order valence-corrected chi connectivity index (χ4v) is 5.08. The SMILES string of the molecule is CCCCOc1ccc(C=Nc2sc3c(c2C#N)CC[C@H](C(C)(C)C)C3)cc1OC. The lowest BCUT2D eigenvalue weighted by molar-refractivity contribution is 0.218. The van der Waals surface area contributed by atoms with E-state index in [9.17, 15) is 5.26 Å². The van der Waals surface area contributed by atoms with E-state index in [-0.39, 0.29) is 5.41 Å². The van der Waals surface area contributed by atoms with Gasteiger partial charge < -0.3 is 9.47 Å². The number of ether oxygens (including phenoxy) is 2. The molecule has 0 spiro atoms. The number of nitrogens with zero attached hydrogens (tertiary/aromatic N) is 2. The Labute approximate surface area is 184 Å². The summed E-state index contributed by atoms with van der Waals surface area (Å²) in [7, 11) is 1.65. The van der Waals surface area contributed by atoms with Crippen LogP contribution in [-0.4, -0.2) is 19.9 Å². The van der Waals surface area contributed by atoms with Crippen molar-refractivity contribution < 1.29 is 9.47 Å². The summed E-state index contributed by atoms with van der Waals surface area (Å²) in [5.41, 5.74) is 3.19. The van der Waals surface area contributed by atoms with Crippen molar-refractivity contribution in [1.29, 1.82) is 5.26 Å². The first-order valence-corrected chi connectivity index (χ1v) is 11.6. The molecule has 1 aromatic heterocycles. The molecule has 1 aromatic carbocycles. The van der Waals surface area contributed by atoms with Crippen LogP contribution < -0.4 is 9.47 Å². The van der Waals surface area contributed by atoms with Gasteiger partial charge in [-0.05, 0) is 66.3 Å². The number of fused-ring (bicyclic) bond motifs is 1. The quantitative estimate of drug-likeness (QED) is 0.367. The van der Waals surface area contributed by atoms with E-state index in [2.05, 4.69) is 33.8 Å². The number of unbranched alkanes of at least 4 members (excludes halogenated alkanes) is 1. The molecule has 30 heavy (non-hydrogen) atoms. The molecule has 1 aliphatic carbocycles. The van der Waals surface area contributed by atoms with Gasteiger partial charge >= 0.3 is 0 Å². The van der Waals surface area contributed by atoms with Gasteiger partial charge in [-0.2, -0.15) is 5.26 Å². The fourth-order valence-electron chi connectivity index (χ4n) is 3.86. The Bertz CT molecular complexity index is 947. The van der Waals surface area contributed by atoms with Crippen LogP contribution in [0.4, 0.5) is 5.00 Å². The third-order valence-electron chi connectivity index (χ3n) is 5.86. The number of benzene rings is 1. The fraction of sp³-hybridized carbons (Fsp3) is 0.520. The second-order valence-corrected chi connectivity index (χ2v) is 10.1. The van der Waals surface area contributed by atoms with Crippen LogP contribution in [-0.2, 0) is 12.8 Å². The minimum atomic E-state index is 0.287. The molecular formula is C25H32N2O2S. The lowest BCUT2D eigenvalue weighted by Crippen LogP contribution is -2.26. The second kappa shape index (κ2) is 9.66. The lowest BCUT2D eigenvalue weighted by atomic mass is 9.72. The molecule has 5 heteroatoms. The Morgan fingerprint density at radius 3 is 2.77 bits per heavy atom. The van der Waals surface area contributed by atoms with Crippen LogP contribution in [0.15, 0.2) is 23.2 Å². The molecule has 0 unspecified atom stereocenters. The van der Waals surface area contributed by atoms with Crippen LogP contribution in [0.2, 0.25) is 0 Å². The number of rotatable bonds is 7. The molecule has 2 aromatic rings. The average molecular weight is 425 g/mol. The highest BCUT2D eigenvalue weighted by Crippen LogP contribution is 2.44. The highest BCUT2D eigenvalue weighted by molar-refractivity contribution is 7.16. The van der Waals surface area contributed by atoms with E-state index in [4.69, 9.17) is 14.5 Å². The van der Waals surface area contributed by atoms with Crippen molar-refractivity contribution in [1.82, 2.24) is 0 Å². The molecule has 1 heterocycles. The summed E-state index contributed by atoms with van der Waals surface area (Å²) >= 11 is 1.68. The lowest BCUT2D eigenvalue weighted by Gasteiger charge is -2.33. The zero-order valence-electron chi connectivity index (χ0n) is 18.7. The standard InChI is InChI=1S/C25H32N2O2S/c1-6-7-12-29-21-11-8-17(13-22(21)28-5)16-27-24-20(15-26)19-10-9-18(25(2,3)4)14-23(19)30-24/h8,11,13,16,18H,6-7,9-10,12,14H2,1-5H3/t18-/m0/s1. The number of methoxy groups -OCH3 is 1. The Morgan fingerprint density at radius 2 is 2.10 bits per heavy atom. The topological polar surface area (TPSA) is 54.6 Å². The summed E-state index contributed by atoms with van der Waals surface area (Å²) in [6.45, 7) is 9.75. The van der Waals surface area contributed by atoms with Gasteiger partial charge in [-0.25, -0.2) is 4.99 Å². The largest absolute Gasteiger partial charge is 0.493 e. The van der Waals surface area contributed by atoms with Crippen LogP contribution in [0.1, 0.15) is 68.5 Å². The van der Waals surface area contributed by atoms with E-state index in [1.54, 1.807) is 18.4 Å². The van der Waals surface area contributed by atoms with Crippen molar-refractivity contribution in [2.24, 2.45) is 16.3 Å². The summed E-state index contributed by atoms with van der Waals surface area (Å²) < 4.78 is 11.3. The summed E-state index contributed by atoms with van der Waals surface area (Å²) in [4.78, 5) is 6.03. The monoisotopic (exact) mass is 424 g/mol. The number of hydrogen-bond acceptors (Lipinski definition) is 5. The van der Waals surface area contributed by atoms with Crippen LogP contribution >= 0.6 is 11.3 Å².